The largest absolute Gasteiger partial charge is 0.489 e. The zero-order chi connectivity index (χ0) is 17.0. The Balaban J connectivity index is 2.16. The predicted octanol–water partition coefficient (Wildman–Crippen LogP) is 3.07. The molecule has 0 aromatic heterocycles. The van der Waals surface area contributed by atoms with Gasteiger partial charge in [-0.3, -0.25) is 4.79 Å². The van der Waals surface area contributed by atoms with Crippen molar-refractivity contribution in [3.05, 3.63) is 23.8 Å². The molecule has 1 aliphatic rings. The van der Waals surface area contributed by atoms with E-state index in [-0.39, 0.29) is 29.6 Å². The first-order valence-corrected chi connectivity index (χ1v) is 7.74. The van der Waals surface area contributed by atoms with Gasteiger partial charge in [-0.1, -0.05) is 0 Å². The Bertz CT molecular complexity index is 587. The standard InChI is InChI=1S/C17H23NO5/c1-11(2)23-14-6-5-12(16(20)21)9-13(14)18-15(19)10-17(22-3)7-4-8-17/h5-6,9,11H,4,7-8,10H2,1-3H3,(H,18,19)(H,20,21). The SMILES string of the molecule is COC1(CC(=O)Nc2cc(C(=O)O)ccc2OC(C)C)CCC1. The van der Waals surface area contributed by atoms with Crippen molar-refractivity contribution >= 4 is 17.6 Å². The number of amides is 1. The van der Waals surface area contributed by atoms with Gasteiger partial charge in [0.1, 0.15) is 5.75 Å². The second-order valence-electron chi connectivity index (χ2n) is 6.15. The average Bonchev–Trinajstić information content (AvgIpc) is 2.44. The number of benzene rings is 1. The minimum absolute atomic E-state index is 0.0849. The molecule has 0 unspecified atom stereocenters. The van der Waals surface area contributed by atoms with Crippen LogP contribution in [0.3, 0.4) is 0 Å². The number of carboxylic acid groups (broad SMARTS) is 1. The van der Waals surface area contributed by atoms with E-state index in [1.165, 1.54) is 12.1 Å². The van der Waals surface area contributed by atoms with Gasteiger partial charge in [0, 0.05) is 7.11 Å². The Kier molecular flexibility index (Phi) is 5.26. The molecule has 23 heavy (non-hydrogen) atoms. The molecule has 1 aromatic rings. The summed E-state index contributed by atoms with van der Waals surface area (Å²) in [6, 6.07) is 4.44. The number of methoxy groups -OCH3 is 1. The van der Waals surface area contributed by atoms with Crippen molar-refractivity contribution in [3.8, 4) is 5.75 Å². The lowest BCUT2D eigenvalue weighted by Crippen LogP contribution is -2.42. The van der Waals surface area contributed by atoms with Gasteiger partial charge in [0.2, 0.25) is 5.91 Å². The molecule has 6 heteroatoms. The molecule has 1 saturated carbocycles. The van der Waals surface area contributed by atoms with Crippen LogP contribution in [0, 0.1) is 0 Å². The Morgan fingerprint density at radius 1 is 1.35 bits per heavy atom. The van der Waals surface area contributed by atoms with Crippen LogP contribution in [0.1, 0.15) is 49.9 Å². The maximum absolute atomic E-state index is 12.3. The monoisotopic (exact) mass is 321 g/mol. The number of hydrogen-bond donors (Lipinski definition) is 2. The van der Waals surface area contributed by atoms with E-state index < -0.39 is 5.97 Å². The second kappa shape index (κ2) is 7.00. The molecule has 1 aliphatic carbocycles. The van der Waals surface area contributed by atoms with Gasteiger partial charge in [-0.05, 0) is 51.3 Å². The normalized spacial score (nSPS) is 15.8. The molecule has 0 atom stereocenters. The molecule has 1 fully saturated rings. The van der Waals surface area contributed by atoms with E-state index in [1.54, 1.807) is 13.2 Å². The van der Waals surface area contributed by atoms with E-state index in [0.717, 1.165) is 19.3 Å². The van der Waals surface area contributed by atoms with Crippen molar-refractivity contribution in [2.75, 3.05) is 12.4 Å². The van der Waals surface area contributed by atoms with E-state index in [4.69, 9.17) is 14.6 Å². The minimum Gasteiger partial charge on any atom is -0.489 e. The molecule has 2 N–H and O–H groups in total. The van der Waals surface area contributed by atoms with Crippen molar-refractivity contribution in [1.29, 1.82) is 0 Å². The van der Waals surface area contributed by atoms with Gasteiger partial charge in [0.15, 0.2) is 0 Å². The van der Waals surface area contributed by atoms with Gasteiger partial charge in [0.05, 0.1) is 29.4 Å². The number of carbonyl (C=O) groups is 2. The number of carboxylic acids is 1. The molecular formula is C17H23NO5. The number of aromatic carboxylic acids is 1. The lowest BCUT2D eigenvalue weighted by Gasteiger charge is -2.39. The molecule has 6 nitrogen and oxygen atoms in total. The van der Waals surface area contributed by atoms with E-state index in [1.807, 2.05) is 13.8 Å². The number of rotatable bonds is 7. The Morgan fingerprint density at radius 3 is 2.52 bits per heavy atom. The van der Waals surface area contributed by atoms with Crippen molar-refractivity contribution in [2.45, 2.75) is 51.2 Å². The van der Waals surface area contributed by atoms with Crippen molar-refractivity contribution in [3.63, 3.8) is 0 Å². The molecular weight excluding hydrogens is 298 g/mol. The molecule has 0 bridgehead atoms. The topological polar surface area (TPSA) is 84.9 Å². The molecule has 1 aromatic carbocycles. The zero-order valence-corrected chi connectivity index (χ0v) is 13.7. The first-order valence-electron chi connectivity index (χ1n) is 7.74. The van der Waals surface area contributed by atoms with Gasteiger partial charge >= 0.3 is 5.97 Å². The van der Waals surface area contributed by atoms with Gasteiger partial charge in [-0.2, -0.15) is 0 Å². The molecule has 2 rings (SSSR count). The van der Waals surface area contributed by atoms with Gasteiger partial charge in [0.25, 0.3) is 0 Å². The summed E-state index contributed by atoms with van der Waals surface area (Å²) in [6.07, 6.45) is 2.94. The third-order valence-electron chi connectivity index (χ3n) is 4.04. The number of hydrogen-bond acceptors (Lipinski definition) is 4. The molecule has 0 radical (unpaired) electrons. The highest BCUT2D eigenvalue weighted by molar-refractivity contribution is 5.96. The van der Waals surface area contributed by atoms with Gasteiger partial charge in [-0.15, -0.1) is 0 Å². The summed E-state index contributed by atoms with van der Waals surface area (Å²) in [7, 11) is 1.62. The smallest absolute Gasteiger partial charge is 0.335 e. The highest BCUT2D eigenvalue weighted by Crippen LogP contribution is 2.38. The summed E-state index contributed by atoms with van der Waals surface area (Å²) in [5, 5.41) is 11.9. The number of nitrogens with one attached hydrogen (secondary N) is 1. The summed E-state index contributed by atoms with van der Waals surface area (Å²) < 4.78 is 11.1. The third-order valence-corrected chi connectivity index (χ3v) is 4.04. The molecule has 0 heterocycles. The fourth-order valence-corrected chi connectivity index (χ4v) is 2.63. The van der Waals surface area contributed by atoms with Crippen LogP contribution in [0.2, 0.25) is 0 Å². The summed E-state index contributed by atoms with van der Waals surface area (Å²) in [5.41, 5.74) is 0.0868. The minimum atomic E-state index is -1.05. The average molecular weight is 321 g/mol. The predicted molar refractivity (Wildman–Crippen MR) is 86.0 cm³/mol. The highest BCUT2D eigenvalue weighted by atomic mass is 16.5. The van der Waals surface area contributed by atoms with E-state index in [0.29, 0.717) is 11.4 Å². The van der Waals surface area contributed by atoms with Crippen LogP contribution in [-0.4, -0.2) is 35.8 Å². The first-order chi connectivity index (χ1) is 10.8. The fourth-order valence-electron chi connectivity index (χ4n) is 2.63. The van der Waals surface area contributed by atoms with Crippen LogP contribution in [0.4, 0.5) is 5.69 Å². The number of anilines is 1. The van der Waals surface area contributed by atoms with Crippen LogP contribution in [0.5, 0.6) is 5.75 Å². The summed E-state index contributed by atoms with van der Waals surface area (Å²) in [6.45, 7) is 3.73. The van der Waals surface area contributed by atoms with E-state index in [9.17, 15) is 9.59 Å². The second-order valence-corrected chi connectivity index (χ2v) is 6.15. The first kappa shape index (κ1) is 17.3. The van der Waals surface area contributed by atoms with E-state index in [2.05, 4.69) is 5.32 Å². The van der Waals surface area contributed by atoms with Crippen LogP contribution in [0.15, 0.2) is 18.2 Å². The molecule has 0 saturated heterocycles. The Labute approximate surface area is 135 Å². The molecule has 0 aliphatic heterocycles. The van der Waals surface area contributed by atoms with Gasteiger partial charge in [-0.25, -0.2) is 4.79 Å². The van der Waals surface area contributed by atoms with Crippen LogP contribution < -0.4 is 10.1 Å². The lowest BCUT2D eigenvalue weighted by atomic mass is 9.77. The van der Waals surface area contributed by atoms with Crippen LogP contribution in [-0.2, 0) is 9.53 Å². The Morgan fingerprint density at radius 2 is 2.04 bits per heavy atom. The summed E-state index contributed by atoms with van der Waals surface area (Å²) in [5.74, 6) is -0.801. The van der Waals surface area contributed by atoms with Crippen molar-refractivity contribution < 1.29 is 24.2 Å². The van der Waals surface area contributed by atoms with Crippen molar-refractivity contribution in [2.24, 2.45) is 0 Å². The quantitative estimate of drug-likeness (QED) is 0.806. The fraction of sp³-hybridized carbons (Fsp3) is 0.529. The summed E-state index contributed by atoms with van der Waals surface area (Å²) in [4.78, 5) is 23.4. The molecule has 126 valence electrons. The summed E-state index contributed by atoms with van der Waals surface area (Å²) >= 11 is 0. The zero-order valence-electron chi connectivity index (χ0n) is 13.7. The highest BCUT2D eigenvalue weighted by Gasteiger charge is 2.39. The van der Waals surface area contributed by atoms with Gasteiger partial charge < -0.3 is 19.9 Å². The lowest BCUT2D eigenvalue weighted by molar-refractivity contribution is -0.129. The Hall–Kier alpha value is -2.08. The van der Waals surface area contributed by atoms with Crippen molar-refractivity contribution in [1.82, 2.24) is 0 Å². The van der Waals surface area contributed by atoms with Crippen LogP contribution >= 0.6 is 0 Å². The third kappa shape index (κ3) is 4.22. The molecule has 1 amide bonds. The van der Waals surface area contributed by atoms with E-state index >= 15 is 0 Å². The number of carbonyl (C=O) groups excluding carboxylic acids is 1. The maximum atomic E-state index is 12.3. The van der Waals surface area contributed by atoms with Crippen LogP contribution in [0.25, 0.3) is 0 Å². The number of ether oxygens (including phenoxy) is 2. The maximum Gasteiger partial charge on any atom is 0.335 e. The molecule has 0 spiro atoms.